The van der Waals surface area contributed by atoms with E-state index in [1.54, 1.807) is 25.3 Å². The summed E-state index contributed by atoms with van der Waals surface area (Å²) in [4.78, 5) is 12.4. The largest absolute Gasteiger partial charge is 0.497 e. The van der Waals surface area contributed by atoms with Crippen molar-refractivity contribution < 1.29 is 17.9 Å². The lowest BCUT2D eigenvalue weighted by Crippen LogP contribution is -2.34. The second-order valence-corrected chi connectivity index (χ2v) is 8.35. The molecule has 0 bridgehead atoms. The SMILES string of the molecule is COc1ccc(CNC(=O)c2ccc3c(c2)C[C@H](C)N3S(C)(=O)=O)cc1. The second-order valence-electron chi connectivity index (χ2n) is 6.49. The fraction of sp³-hybridized carbons (Fsp3) is 0.316. The summed E-state index contributed by atoms with van der Waals surface area (Å²) in [5.74, 6) is 0.581. The van der Waals surface area contributed by atoms with Crippen LogP contribution in [0.2, 0.25) is 0 Å². The molecule has 26 heavy (non-hydrogen) atoms. The molecule has 6 nitrogen and oxygen atoms in total. The van der Waals surface area contributed by atoms with Gasteiger partial charge in [0.05, 0.1) is 19.1 Å². The highest BCUT2D eigenvalue weighted by Gasteiger charge is 2.32. The summed E-state index contributed by atoms with van der Waals surface area (Å²) in [6.07, 6.45) is 1.80. The Morgan fingerprint density at radius 2 is 1.92 bits per heavy atom. The normalized spacial score (nSPS) is 16.3. The summed E-state index contributed by atoms with van der Waals surface area (Å²) in [6.45, 7) is 2.27. The zero-order valence-corrected chi connectivity index (χ0v) is 15.8. The summed E-state index contributed by atoms with van der Waals surface area (Å²) in [5, 5.41) is 2.88. The van der Waals surface area contributed by atoms with E-state index in [1.807, 2.05) is 31.2 Å². The number of hydrogen-bond acceptors (Lipinski definition) is 4. The van der Waals surface area contributed by atoms with Crippen LogP contribution in [0.3, 0.4) is 0 Å². The third-order valence-corrected chi connectivity index (χ3v) is 5.74. The Balaban J connectivity index is 1.72. The van der Waals surface area contributed by atoms with E-state index in [0.29, 0.717) is 24.2 Å². The maximum Gasteiger partial charge on any atom is 0.251 e. The van der Waals surface area contributed by atoms with Crippen molar-refractivity contribution in [1.82, 2.24) is 5.32 Å². The van der Waals surface area contributed by atoms with Gasteiger partial charge in [0, 0.05) is 18.2 Å². The smallest absolute Gasteiger partial charge is 0.251 e. The van der Waals surface area contributed by atoms with Crippen molar-refractivity contribution in [2.45, 2.75) is 25.9 Å². The first kappa shape index (κ1) is 18.3. The maximum absolute atomic E-state index is 12.4. The maximum atomic E-state index is 12.4. The van der Waals surface area contributed by atoms with E-state index in [9.17, 15) is 13.2 Å². The molecule has 0 radical (unpaired) electrons. The Labute approximate surface area is 153 Å². The van der Waals surface area contributed by atoms with Gasteiger partial charge in [0.1, 0.15) is 5.75 Å². The lowest BCUT2D eigenvalue weighted by Gasteiger charge is -2.21. The monoisotopic (exact) mass is 374 g/mol. The zero-order valence-electron chi connectivity index (χ0n) is 15.0. The first-order valence-corrected chi connectivity index (χ1v) is 10.2. The van der Waals surface area contributed by atoms with Gasteiger partial charge in [0.15, 0.2) is 0 Å². The highest BCUT2D eigenvalue weighted by atomic mass is 32.2. The molecule has 2 aromatic rings. The minimum atomic E-state index is -3.33. The van der Waals surface area contributed by atoms with Crippen molar-refractivity contribution >= 4 is 21.6 Å². The molecule has 1 aliphatic heterocycles. The van der Waals surface area contributed by atoms with Crippen LogP contribution in [0, 0.1) is 0 Å². The van der Waals surface area contributed by atoms with Gasteiger partial charge in [-0.15, -0.1) is 0 Å². The van der Waals surface area contributed by atoms with Crippen LogP contribution in [-0.4, -0.2) is 33.7 Å². The Morgan fingerprint density at radius 3 is 2.54 bits per heavy atom. The number of rotatable bonds is 5. The summed E-state index contributed by atoms with van der Waals surface area (Å²) < 4.78 is 30.5. The molecule has 2 aromatic carbocycles. The fourth-order valence-corrected chi connectivity index (χ4v) is 4.54. The Morgan fingerprint density at radius 1 is 1.23 bits per heavy atom. The summed E-state index contributed by atoms with van der Waals surface area (Å²) in [5.41, 5.74) is 3.03. The Bertz CT molecular complexity index is 923. The minimum absolute atomic E-state index is 0.141. The van der Waals surface area contributed by atoms with Crippen molar-refractivity contribution in [2.75, 3.05) is 17.7 Å². The van der Waals surface area contributed by atoms with Crippen LogP contribution in [0.25, 0.3) is 0 Å². The third kappa shape index (κ3) is 3.67. The average Bonchev–Trinajstić information content (AvgIpc) is 2.95. The second kappa shape index (κ2) is 6.99. The van der Waals surface area contributed by atoms with Gasteiger partial charge >= 0.3 is 0 Å². The number of nitrogens with one attached hydrogen (secondary N) is 1. The minimum Gasteiger partial charge on any atom is -0.497 e. The number of amides is 1. The van der Waals surface area contributed by atoms with Gasteiger partial charge in [-0.3, -0.25) is 9.10 Å². The van der Waals surface area contributed by atoms with Crippen molar-refractivity contribution in [3.63, 3.8) is 0 Å². The van der Waals surface area contributed by atoms with Crippen molar-refractivity contribution in [3.05, 3.63) is 59.2 Å². The molecule has 7 heteroatoms. The molecule has 0 aromatic heterocycles. The molecule has 0 saturated carbocycles. The molecule has 0 fully saturated rings. The van der Waals surface area contributed by atoms with Crippen LogP contribution in [0.15, 0.2) is 42.5 Å². The van der Waals surface area contributed by atoms with E-state index in [0.717, 1.165) is 16.9 Å². The number of fused-ring (bicyclic) bond motifs is 1. The lowest BCUT2D eigenvalue weighted by molar-refractivity contribution is 0.0951. The van der Waals surface area contributed by atoms with E-state index in [-0.39, 0.29) is 11.9 Å². The van der Waals surface area contributed by atoms with Gasteiger partial charge in [-0.2, -0.15) is 0 Å². The molecular formula is C19H22N2O4S. The van der Waals surface area contributed by atoms with Crippen LogP contribution in [0.5, 0.6) is 5.75 Å². The fourth-order valence-electron chi connectivity index (χ4n) is 3.28. The first-order valence-electron chi connectivity index (χ1n) is 8.33. The molecule has 1 N–H and O–H groups in total. The van der Waals surface area contributed by atoms with Gasteiger partial charge in [0.2, 0.25) is 10.0 Å². The lowest BCUT2D eigenvalue weighted by atomic mass is 10.1. The quantitative estimate of drug-likeness (QED) is 0.872. The van der Waals surface area contributed by atoms with E-state index < -0.39 is 10.0 Å². The highest BCUT2D eigenvalue weighted by Crippen LogP contribution is 2.34. The highest BCUT2D eigenvalue weighted by molar-refractivity contribution is 7.92. The van der Waals surface area contributed by atoms with Gasteiger partial charge < -0.3 is 10.1 Å². The van der Waals surface area contributed by atoms with E-state index >= 15 is 0 Å². The zero-order chi connectivity index (χ0) is 18.9. The van der Waals surface area contributed by atoms with Crippen molar-refractivity contribution in [1.29, 1.82) is 0 Å². The number of methoxy groups -OCH3 is 1. The number of carbonyl (C=O) groups excluding carboxylic acids is 1. The molecule has 1 atom stereocenters. The van der Waals surface area contributed by atoms with Gasteiger partial charge in [0.25, 0.3) is 5.91 Å². The predicted molar refractivity (Wildman–Crippen MR) is 101 cm³/mol. The number of sulfonamides is 1. The number of nitrogens with zero attached hydrogens (tertiary/aromatic N) is 1. The number of carbonyl (C=O) groups is 1. The van der Waals surface area contributed by atoms with Gasteiger partial charge in [-0.25, -0.2) is 8.42 Å². The molecule has 1 amide bonds. The molecule has 0 unspecified atom stereocenters. The topological polar surface area (TPSA) is 75.7 Å². The molecule has 0 spiro atoms. The number of hydrogen-bond donors (Lipinski definition) is 1. The Kier molecular flexibility index (Phi) is 4.91. The van der Waals surface area contributed by atoms with E-state index in [4.69, 9.17) is 4.74 Å². The molecule has 1 heterocycles. The van der Waals surface area contributed by atoms with Crippen LogP contribution in [-0.2, 0) is 23.0 Å². The molecule has 3 rings (SSSR count). The van der Waals surface area contributed by atoms with Crippen molar-refractivity contribution in [3.8, 4) is 5.75 Å². The Hall–Kier alpha value is -2.54. The molecule has 1 aliphatic rings. The molecule has 0 aliphatic carbocycles. The van der Waals surface area contributed by atoms with E-state index in [2.05, 4.69) is 5.32 Å². The number of benzene rings is 2. The third-order valence-electron chi connectivity index (χ3n) is 4.46. The van der Waals surface area contributed by atoms with E-state index in [1.165, 1.54) is 10.6 Å². The number of ether oxygens (including phenoxy) is 1. The van der Waals surface area contributed by atoms with Gasteiger partial charge in [-0.1, -0.05) is 12.1 Å². The van der Waals surface area contributed by atoms with Crippen LogP contribution in [0.1, 0.15) is 28.4 Å². The van der Waals surface area contributed by atoms with Gasteiger partial charge in [-0.05, 0) is 54.8 Å². The van der Waals surface area contributed by atoms with Crippen LogP contribution in [0.4, 0.5) is 5.69 Å². The number of anilines is 1. The van der Waals surface area contributed by atoms with Crippen LogP contribution >= 0.6 is 0 Å². The summed E-state index contributed by atoms with van der Waals surface area (Å²) in [7, 11) is -1.72. The first-order chi connectivity index (χ1) is 12.3. The predicted octanol–water partition coefficient (Wildman–Crippen LogP) is 2.34. The molecular weight excluding hydrogens is 352 g/mol. The standard InChI is InChI=1S/C19H22N2O4S/c1-13-10-16-11-15(6-9-18(16)21(13)26(3,23)24)19(22)20-12-14-4-7-17(25-2)8-5-14/h4-9,11,13H,10,12H2,1-3H3,(H,20,22)/t13-/m0/s1. The summed E-state index contributed by atoms with van der Waals surface area (Å²) >= 11 is 0. The summed E-state index contributed by atoms with van der Waals surface area (Å²) in [6, 6.07) is 12.5. The average molecular weight is 374 g/mol. The van der Waals surface area contributed by atoms with Crippen LogP contribution < -0.4 is 14.4 Å². The molecule has 0 saturated heterocycles. The van der Waals surface area contributed by atoms with Crippen molar-refractivity contribution in [2.24, 2.45) is 0 Å². The molecule has 138 valence electrons.